The fourth-order valence-electron chi connectivity index (χ4n) is 3.31. The van der Waals surface area contributed by atoms with Crippen LogP contribution in [-0.4, -0.2) is 62.2 Å². The normalized spacial score (nSPS) is 16.8. The Hall–Kier alpha value is -2.69. The molecule has 0 saturated carbocycles. The molecule has 1 saturated heterocycles. The molecule has 1 aromatic carbocycles. The van der Waals surface area contributed by atoms with Gasteiger partial charge in [0, 0.05) is 39.1 Å². The predicted octanol–water partition coefficient (Wildman–Crippen LogP) is 0.952. The summed E-state index contributed by atoms with van der Waals surface area (Å²) in [7, 11) is -3.82. The number of carbonyl (C=O) groups is 2. The quantitative estimate of drug-likeness (QED) is 0.637. The van der Waals surface area contributed by atoms with Crippen LogP contribution < -0.4 is 11.1 Å². The number of rotatable bonds is 8. The van der Waals surface area contributed by atoms with Crippen molar-refractivity contribution in [2.75, 3.05) is 32.7 Å². The number of furan rings is 1. The van der Waals surface area contributed by atoms with Gasteiger partial charge in [-0.05, 0) is 24.6 Å². The minimum absolute atomic E-state index is 0.0454. The van der Waals surface area contributed by atoms with E-state index in [0.29, 0.717) is 26.1 Å². The van der Waals surface area contributed by atoms with E-state index < -0.39 is 15.9 Å². The summed E-state index contributed by atoms with van der Waals surface area (Å²) in [5.41, 5.74) is 6.15. The first-order valence-corrected chi connectivity index (χ1v) is 11.2. The molecule has 2 heterocycles. The van der Waals surface area contributed by atoms with Gasteiger partial charge in [-0.3, -0.25) is 9.59 Å². The van der Waals surface area contributed by atoms with Crippen molar-refractivity contribution in [1.29, 1.82) is 0 Å². The molecule has 1 aliphatic rings. The lowest BCUT2D eigenvalue weighted by Gasteiger charge is -2.33. The van der Waals surface area contributed by atoms with Gasteiger partial charge >= 0.3 is 0 Å². The average Bonchev–Trinajstić information content (AvgIpc) is 3.25. The number of nitrogens with one attached hydrogen (secondary N) is 1. The minimum atomic E-state index is -3.82. The third-order valence-corrected chi connectivity index (χ3v) is 6.85. The maximum Gasteiger partial charge on any atom is 0.284 e. The molecule has 0 bridgehead atoms. The Bertz CT molecular complexity index is 982. The van der Waals surface area contributed by atoms with Crippen LogP contribution in [0.3, 0.4) is 0 Å². The van der Waals surface area contributed by atoms with E-state index in [9.17, 15) is 18.0 Å². The molecule has 1 atom stereocenters. The number of amides is 2. The maximum atomic E-state index is 12.6. The number of primary amides is 1. The van der Waals surface area contributed by atoms with Crippen molar-refractivity contribution >= 4 is 21.8 Å². The van der Waals surface area contributed by atoms with Gasteiger partial charge in [0.1, 0.15) is 0 Å². The molecule has 1 fully saturated rings. The molecular weight excluding hydrogens is 408 g/mol. The zero-order valence-electron chi connectivity index (χ0n) is 16.8. The highest BCUT2D eigenvalue weighted by Crippen LogP contribution is 2.20. The summed E-state index contributed by atoms with van der Waals surface area (Å²) >= 11 is 0. The lowest BCUT2D eigenvalue weighted by molar-refractivity contribution is -0.122. The van der Waals surface area contributed by atoms with Crippen LogP contribution >= 0.6 is 0 Å². The fraction of sp³-hybridized carbons (Fsp3) is 0.400. The van der Waals surface area contributed by atoms with Crippen molar-refractivity contribution in [2.45, 2.75) is 24.5 Å². The van der Waals surface area contributed by atoms with Gasteiger partial charge in [-0.25, -0.2) is 8.42 Å². The number of hydrogen-bond donors (Lipinski definition) is 2. The van der Waals surface area contributed by atoms with Crippen LogP contribution in [0.5, 0.6) is 0 Å². The number of sulfonamides is 1. The van der Waals surface area contributed by atoms with E-state index in [1.807, 2.05) is 37.3 Å². The highest BCUT2D eigenvalue weighted by atomic mass is 32.2. The molecule has 162 valence electrons. The molecule has 0 radical (unpaired) electrons. The molecule has 30 heavy (non-hydrogen) atoms. The minimum Gasteiger partial charge on any atom is -0.438 e. The molecule has 10 heteroatoms. The molecular formula is C20H26N4O5S. The fourth-order valence-corrected chi connectivity index (χ4v) is 4.64. The lowest BCUT2D eigenvalue weighted by Crippen LogP contribution is -2.49. The smallest absolute Gasteiger partial charge is 0.284 e. The summed E-state index contributed by atoms with van der Waals surface area (Å²) in [5.74, 6) is -1.06. The average molecular weight is 435 g/mol. The second-order valence-corrected chi connectivity index (χ2v) is 9.05. The number of nitrogens with two attached hydrogens (primary N) is 1. The van der Waals surface area contributed by atoms with Gasteiger partial charge in [0.25, 0.3) is 15.9 Å². The van der Waals surface area contributed by atoms with Gasteiger partial charge in [-0.2, -0.15) is 4.31 Å². The van der Waals surface area contributed by atoms with E-state index >= 15 is 0 Å². The zero-order chi connectivity index (χ0) is 21.7. The first-order valence-electron chi connectivity index (χ1n) is 9.74. The van der Waals surface area contributed by atoms with E-state index in [0.717, 1.165) is 5.56 Å². The van der Waals surface area contributed by atoms with Crippen molar-refractivity contribution in [3.05, 3.63) is 53.8 Å². The molecule has 9 nitrogen and oxygen atoms in total. The summed E-state index contributed by atoms with van der Waals surface area (Å²) in [6, 6.07) is 12.2. The van der Waals surface area contributed by atoms with Gasteiger partial charge < -0.3 is 20.4 Å². The second-order valence-electron chi connectivity index (χ2n) is 7.18. The van der Waals surface area contributed by atoms with Gasteiger partial charge in [0.05, 0.1) is 6.04 Å². The third kappa shape index (κ3) is 5.26. The summed E-state index contributed by atoms with van der Waals surface area (Å²) < 4.78 is 31.7. The van der Waals surface area contributed by atoms with E-state index in [-0.39, 0.29) is 35.9 Å². The Labute approximate surface area is 175 Å². The van der Waals surface area contributed by atoms with Crippen LogP contribution in [0.4, 0.5) is 0 Å². The van der Waals surface area contributed by atoms with Crippen molar-refractivity contribution in [2.24, 2.45) is 5.73 Å². The summed E-state index contributed by atoms with van der Waals surface area (Å²) in [6.45, 7) is 4.05. The van der Waals surface area contributed by atoms with Crippen LogP contribution in [0, 0.1) is 0 Å². The van der Waals surface area contributed by atoms with Crippen molar-refractivity contribution in [3.63, 3.8) is 0 Å². The Kier molecular flexibility index (Phi) is 6.91. The largest absolute Gasteiger partial charge is 0.438 e. The number of benzene rings is 1. The molecule has 0 aliphatic carbocycles. The maximum absolute atomic E-state index is 12.6. The van der Waals surface area contributed by atoms with Crippen molar-refractivity contribution in [1.82, 2.24) is 14.5 Å². The molecule has 2 amide bonds. The topological polar surface area (TPSA) is 126 Å². The van der Waals surface area contributed by atoms with Gasteiger partial charge in [0.15, 0.2) is 5.76 Å². The van der Waals surface area contributed by atoms with Crippen molar-refractivity contribution < 1.29 is 22.4 Å². The molecule has 1 aliphatic heterocycles. The first-order chi connectivity index (χ1) is 14.3. The Balaban J connectivity index is 1.46. The highest BCUT2D eigenvalue weighted by Gasteiger charge is 2.31. The monoisotopic (exact) mass is 434 g/mol. The Morgan fingerprint density at radius 3 is 2.37 bits per heavy atom. The summed E-state index contributed by atoms with van der Waals surface area (Å²) in [4.78, 5) is 25.4. The van der Waals surface area contributed by atoms with E-state index in [4.69, 9.17) is 10.2 Å². The van der Waals surface area contributed by atoms with Crippen LogP contribution in [0.1, 0.15) is 35.5 Å². The SMILES string of the molecule is C[C@@H](NC(=O)CCN1CCN(S(=O)(=O)c2ccc(C(N)=O)o2)CC1)c1ccccc1. The highest BCUT2D eigenvalue weighted by molar-refractivity contribution is 7.89. The van der Waals surface area contributed by atoms with Crippen LogP contribution in [0.15, 0.2) is 52.0 Å². The standard InChI is InChI=1S/C20H26N4O5S/c1-15(16-5-3-2-4-6-16)22-18(25)9-10-23-11-13-24(14-12-23)30(27,28)19-8-7-17(29-19)20(21)26/h2-8,15H,9-14H2,1H3,(H2,21,26)(H,22,25)/t15-/m1/s1. The van der Waals surface area contributed by atoms with Gasteiger partial charge in [0.2, 0.25) is 11.0 Å². The molecule has 2 aromatic rings. The molecule has 1 aromatic heterocycles. The second kappa shape index (κ2) is 9.41. The van der Waals surface area contributed by atoms with Crippen LogP contribution in [-0.2, 0) is 14.8 Å². The molecule has 3 rings (SSSR count). The number of nitrogens with zero attached hydrogens (tertiary/aromatic N) is 2. The van der Waals surface area contributed by atoms with E-state index in [1.165, 1.54) is 16.4 Å². The first kappa shape index (κ1) is 22.0. The van der Waals surface area contributed by atoms with Gasteiger partial charge in [-0.15, -0.1) is 0 Å². The Morgan fingerprint density at radius 2 is 1.77 bits per heavy atom. The Morgan fingerprint density at radius 1 is 1.10 bits per heavy atom. The number of carbonyl (C=O) groups excluding carboxylic acids is 2. The number of hydrogen-bond acceptors (Lipinski definition) is 6. The van der Waals surface area contributed by atoms with Crippen molar-refractivity contribution in [3.8, 4) is 0 Å². The third-order valence-electron chi connectivity index (χ3n) is 5.08. The van der Waals surface area contributed by atoms with E-state index in [1.54, 1.807) is 0 Å². The molecule has 0 unspecified atom stereocenters. The summed E-state index contributed by atoms with van der Waals surface area (Å²) in [5, 5.41) is 2.69. The van der Waals surface area contributed by atoms with E-state index in [2.05, 4.69) is 10.2 Å². The van der Waals surface area contributed by atoms with Gasteiger partial charge in [-0.1, -0.05) is 30.3 Å². The molecule has 0 spiro atoms. The predicted molar refractivity (Wildman–Crippen MR) is 110 cm³/mol. The molecule has 3 N–H and O–H groups in total. The zero-order valence-corrected chi connectivity index (χ0v) is 17.6. The van der Waals surface area contributed by atoms with Crippen LogP contribution in [0.2, 0.25) is 0 Å². The van der Waals surface area contributed by atoms with Crippen LogP contribution in [0.25, 0.3) is 0 Å². The number of piperazine rings is 1. The lowest BCUT2D eigenvalue weighted by atomic mass is 10.1. The summed E-state index contributed by atoms with van der Waals surface area (Å²) in [6.07, 6.45) is 0.337.